The number of amides is 1. The highest BCUT2D eigenvalue weighted by molar-refractivity contribution is 5.93. The SMILES string of the molecule is O=C(Nc1ccc(C2COCCO2)c(CO)n1)C1CC1. The van der Waals surface area contributed by atoms with Crippen molar-refractivity contribution >= 4 is 11.7 Å². The fraction of sp³-hybridized carbons (Fsp3) is 0.571. The van der Waals surface area contributed by atoms with Gasteiger partial charge in [-0.1, -0.05) is 6.07 Å². The van der Waals surface area contributed by atoms with Gasteiger partial charge in [0.1, 0.15) is 11.9 Å². The monoisotopic (exact) mass is 278 g/mol. The fourth-order valence-electron chi connectivity index (χ4n) is 2.24. The summed E-state index contributed by atoms with van der Waals surface area (Å²) in [5.74, 6) is 0.613. The number of anilines is 1. The highest BCUT2D eigenvalue weighted by Gasteiger charge is 2.30. The third kappa shape index (κ3) is 2.98. The van der Waals surface area contributed by atoms with E-state index in [-0.39, 0.29) is 24.5 Å². The quantitative estimate of drug-likeness (QED) is 0.859. The molecule has 1 saturated carbocycles. The van der Waals surface area contributed by atoms with Gasteiger partial charge in [-0.3, -0.25) is 4.79 Å². The third-order valence-electron chi connectivity index (χ3n) is 3.52. The summed E-state index contributed by atoms with van der Waals surface area (Å²) < 4.78 is 11.0. The van der Waals surface area contributed by atoms with Crippen LogP contribution in [0.4, 0.5) is 5.82 Å². The van der Waals surface area contributed by atoms with Crippen molar-refractivity contribution in [2.45, 2.75) is 25.6 Å². The van der Waals surface area contributed by atoms with Crippen LogP contribution < -0.4 is 5.32 Å². The number of nitrogens with one attached hydrogen (secondary N) is 1. The molecular formula is C14H18N2O4. The molecule has 6 heteroatoms. The molecule has 1 saturated heterocycles. The van der Waals surface area contributed by atoms with Crippen LogP contribution in [0.3, 0.4) is 0 Å². The van der Waals surface area contributed by atoms with Crippen molar-refractivity contribution in [2.75, 3.05) is 25.1 Å². The van der Waals surface area contributed by atoms with Crippen molar-refractivity contribution in [1.29, 1.82) is 0 Å². The Morgan fingerprint density at radius 3 is 2.90 bits per heavy atom. The van der Waals surface area contributed by atoms with Gasteiger partial charge in [-0.15, -0.1) is 0 Å². The Hall–Kier alpha value is -1.50. The lowest BCUT2D eigenvalue weighted by Gasteiger charge is -2.24. The molecule has 0 bridgehead atoms. The van der Waals surface area contributed by atoms with Gasteiger partial charge in [0.25, 0.3) is 0 Å². The first-order valence-electron chi connectivity index (χ1n) is 6.89. The maximum absolute atomic E-state index is 11.7. The van der Waals surface area contributed by atoms with Gasteiger partial charge in [0.2, 0.25) is 5.91 Å². The van der Waals surface area contributed by atoms with Crippen LogP contribution in [0.5, 0.6) is 0 Å². The number of aromatic nitrogens is 1. The van der Waals surface area contributed by atoms with Gasteiger partial charge in [-0.2, -0.15) is 0 Å². The molecule has 1 unspecified atom stereocenters. The summed E-state index contributed by atoms with van der Waals surface area (Å²) in [5.41, 5.74) is 1.34. The summed E-state index contributed by atoms with van der Waals surface area (Å²) in [6.45, 7) is 1.40. The summed E-state index contributed by atoms with van der Waals surface area (Å²) in [7, 11) is 0. The molecule has 1 aliphatic carbocycles. The first-order valence-corrected chi connectivity index (χ1v) is 6.89. The van der Waals surface area contributed by atoms with E-state index in [1.54, 1.807) is 6.07 Å². The average molecular weight is 278 g/mol. The predicted octanol–water partition coefficient (Wildman–Crippen LogP) is 1.01. The number of rotatable bonds is 4. The molecule has 2 heterocycles. The molecule has 2 fully saturated rings. The zero-order valence-corrected chi connectivity index (χ0v) is 11.2. The Bertz CT molecular complexity index is 496. The van der Waals surface area contributed by atoms with Crippen LogP contribution in [0.2, 0.25) is 0 Å². The van der Waals surface area contributed by atoms with Crippen LogP contribution >= 0.6 is 0 Å². The number of carbonyl (C=O) groups excluding carboxylic acids is 1. The van der Waals surface area contributed by atoms with Crippen LogP contribution in [-0.2, 0) is 20.9 Å². The van der Waals surface area contributed by atoms with Gasteiger partial charge >= 0.3 is 0 Å². The Morgan fingerprint density at radius 1 is 1.40 bits per heavy atom. The molecule has 0 radical (unpaired) electrons. The lowest BCUT2D eigenvalue weighted by Crippen LogP contribution is -2.23. The Labute approximate surface area is 117 Å². The molecule has 3 rings (SSSR count). The van der Waals surface area contributed by atoms with Crippen molar-refractivity contribution in [1.82, 2.24) is 4.98 Å². The van der Waals surface area contributed by atoms with Gasteiger partial charge in [-0.25, -0.2) is 4.98 Å². The molecule has 1 amide bonds. The molecule has 0 aromatic carbocycles. The molecule has 6 nitrogen and oxygen atoms in total. The lowest BCUT2D eigenvalue weighted by molar-refractivity contribution is -0.117. The van der Waals surface area contributed by atoms with Crippen molar-refractivity contribution < 1.29 is 19.4 Å². The molecule has 108 valence electrons. The zero-order valence-electron chi connectivity index (χ0n) is 11.2. The van der Waals surface area contributed by atoms with Crippen LogP contribution in [0.15, 0.2) is 12.1 Å². The van der Waals surface area contributed by atoms with E-state index in [1.807, 2.05) is 6.07 Å². The molecule has 1 atom stereocenters. The van der Waals surface area contributed by atoms with Crippen molar-refractivity contribution in [3.05, 3.63) is 23.4 Å². The molecule has 1 aliphatic heterocycles. The second-order valence-electron chi connectivity index (χ2n) is 5.09. The van der Waals surface area contributed by atoms with Crippen LogP contribution in [-0.4, -0.2) is 35.8 Å². The summed E-state index contributed by atoms with van der Waals surface area (Å²) >= 11 is 0. The number of hydrogen-bond acceptors (Lipinski definition) is 5. The summed E-state index contributed by atoms with van der Waals surface area (Å²) in [6.07, 6.45) is 1.69. The van der Waals surface area contributed by atoms with E-state index in [2.05, 4.69) is 10.3 Å². The smallest absolute Gasteiger partial charge is 0.228 e. The van der Waals surface area contributed by atoms with Crippen molar-refractivity contribution in [3.8, 4) is 0 Å². The second kappa shape index (κ2) is 5.87. The number of aliphatic hydroxyl groups excluding tert-OH is 1. The van der Waals surface area contributed by atoms with Gasteiger partial charge in [0, 0.05) is 11.5 Å². The normalized spacial score (nSPS) is 22.6. The van der Waals surface area contributed by atoms with Crippen LogP contribution in [0.25, 0.3) is 0 Å². The molecule has 1 aromatic rings. The maximum Gasteiger partial charge on any atom is 0.228 e. The van der Waals surface area contributed by atoms with E-state index < -0.39 is 0 Å². The third-order valence-corrected chi connectivity index (χ3v) is 3.52. The average Bonchev–Trinajstić information content (AvgIpc) is 3.32. The van der Waals surface area contributed by atoms with Crippen molar-refractivity contribution in [3.63, 3.8) is 0 Å². The maximum atomic E-state index is 11.7. The zero-order chi connectivity index (χ0) is 13.9. The van der Waals surface area contributed by atoms with Gasteiger partial charge in [0.15, 0.2) is 0 Å². The fourth-order valence-corrected chi connectivity index (χ4v) is 2.24. The highest BCUT2D eigenvalue weighted by atomic mass is 16.6. The van der Waals surface area contributed by atoms with Gasteiger partial charge in [-0.05, 0) is 18.9 Å². The number of ether oxygens (including phenoxy) is 2. The minimum absolute atomic E-state index is 0.00592. The first-order chi connectivity index (χ1) is 9.78. The van der Waals surface area contributed by atoms with E-state index in [0.29, 0.717) is 31.3 Å². The predicted molar refractivity (Wildman–Crippen MR) is 71.0 cm³/mol. The van der Waals surface area contributed by atoms with Gasteiger partial charge in [0.05, 0.1) is 32.1 Å². The Kier molecular flexibility index (Phi) is 3.95. The molecule has 2 aliphatic rings. The highest BCUT2D eigenvalue weighted by Crippen LogP contribution is 2.30. The summed E-state index contributed by atoms with van der Waals surface area (Å²) in [5, 5.41) is 12.2. The van der Waals surface area contributed by atoms with E-state index in [1.165, 1.54) is 0 Å². The Morgan fingerprint density at radius 2 is 2.25 bits per heavy atom. The second-order valence-corrected chi connectivity index (χ2v) is 5.09. The molecule has 1 aromatic heterocycles. The van der Waals surface area contributed by atoms with Crippen LogP contribution in [0.1, 0.15) is 30.2 Å². The summed E-state index contributed by atoms with van der Waals surface area (Å²) in [6, 6.07) is 3.58. The standard InChI is InChI=1S/C14H18N2O4/c17-7-11-10(12-8-19-5-6-20-12)3-4-13(15-11)16-14(18)9-1-2-9/h3-4,9,12,17H,1-2,5-8H2,(H,15,16,18). The Balaban J connectivity index is 1.75. The largest absolute Gasteiger partial charge is 0.390 e. The molecule has 20 heavy (non-hydrogen) atoms. The first kappa shape index (κ1) is 13.5. The van der Waals surface area contributed by atoms with E-state index in [0.717, 1.165) is 18.4 Å². The minimum atomic E-state index is -0.202. The number of nitrogens with zero attached hydrogens (tertiary/aromatic N) is 1. The number of carbonyl (C=O) groups is 1. The summed E-state index contributed by atoms with van der Waals surface area (Å²) in [4.78, 5) is 16.0. The number of aliphatic hydroxyl groups is 1. The molecule has 0 spiro atoms. The topological polar surface area (TPSA) is 80.7 Å². The minimum Gasteiger partial charge on any atom is -0.390 e. The molecule has 2 N–H and O–H groups in total. The number of pyridine rings is 1. The van der Waals surface area contributed by atoms with Crippen molar-refractivity contribution in [2.24, 2.45) is 5.92 Å². The lowest BCUT2D eigenvalue weighted by atomic mass is 10.1. The number of hydrogen-bond donors (Lipinski definition) is 2. The molecular weight excluding hydrogens is 260 g/mol. The van der Waals surface area contributed by atoms with Crippen LogP contribution in [0, 0.1) is 5.92 Å². The van der Waals surface area contributed by atoms with E-state index in [4.69, 9.17) is 9.47 Å². The van der Waals surface area contributed by atoms with E-state index >= 15 is 0 Å². The van der Waals surface area contributed by atoms with E-state index in [9.17, 15) is 9.90 Å². The van der Waals surface area contributed by atoms with Gasteiger partial charge < -0.3 is 19.9 Å².